The zero-order chi connectivity index (χ0) is 13.9. The Kier molecular flexibility index (Phi) is 4.54. The maximum Gasteiger partial charge on any atom is 0.236 e. The molecule has 0 spiro atoms. The molecule has 0 aliphatic carbocycles. The predicted octanol–water partition coefficient (Wildman–Crippen LogP) is 2.71. The van der Waals surface area contributed by atoms with Crippen LogP contribution in [0.25, 0.3) is 0 Å². The van der Waals surface area contributed by atoms with Gasteiger partial charge in [-0.05, 0) is 36.3 Å². The fraction of sp³-hybridized carbons (Fsp3) is 0.533. The van der Waals surface area contributed by atoms with E-state index < -0.39 is 0 Å². The van der Waals surface area contributed by atoms with Crippen LogP contribution >= 0.6 is 23.4 Å². The van der Waals surface area contributed by atoms with Gasteiger partial charge in [-0.1, -0.05) is 23.7 Å². The summed E-state index contributed by atoms with van der Waals surface area (Å²) in [4.78, 5) is 14.8. The number of amides is 1. The molecule has 1 amide bonds. The predicted molar refractivity (Wildman–Crippen MR) is 84.3 cm³/mol. The van der Waals surface area contributed by atoms with Crippen LogP contribution in [0.1, 0.15) is 24.4 Å². The van der Waals surface area contributed by atoms with Gasteiger partial charge in [0.05, 0.1) is 11.3 Å². The summed E-state index contributed by atoms with van der Waals surface area (Å²) in [6.45, 7) is 2.47. The molecule has 2 aliphatic heterocycles. The molecule has 3 rings (SSSR count). The minimum absolute atomic E-state index is 0.108. The first-order valence-corrected chi connectivity index (χ1v) is 8.56. The number of benzene rings is 1. The van der Waals surface area contributed by atoms with Gasteiger partial charge in [-0.2, -0.15) is 0 Å². The smallest absolute Gasteiger partial charge is 0.236 e. The third-order valence-electron chi connectivity index (χ3n) is 3.97. The van der Waals surface area contributed by atoms with Crippen LogP contribution in [0.4, 0.5) is 0 Å². The van der Waals surface area contributed by atoms with Crippen molar-refractivity contribution in [3.63, 3.8) is 0 Å². The van der Waals surface area contributed by atoms with Crippen molar-refractivity contribution in [2.24, 2.45) is 0 Å². The van der Waals surface area contributed by atoms with Crippen LogP contribution in [0.3, 0.4) is 0 Å². The number of thioether (sulfide) groups is 1. The van der Waals surface area contributed by atoms with Crippen LogP contribution in [0.15, 0.2) is 24.3 Å². The molecule has 5 heteroatoms. The molecular weight excluding hydrogens is 292 g/mol. The van der Waals surface area contributed by atoms with Crippen molar-refractivity contribution in [2.75, 3.05) is 25.4 Å². The molecule has 2 atom stereocenters. The summed E-state index contributed by atoms with van der Waals surface area (Å²) in [7, 11) is 0. The highest BCUT2D eigenvalue weighted by molar-refractivity contribution is 8.00. The van der Waals surface area contributed by atoms with Gasteiger partial charge in [0, 0.05) is 24.7 Å². The third-order valence-corrected chi connectivity index (χ3v) is 5.56. The Bertz CT molecular complexity index is 491. The van der Waals surface area contributed by atoms with E-state index >= 15 is 0 Å². The highest BCUT2D eigenvalue weighted by Crippen LogP contribution is 2.32. The van der Waals surface area contributed by atoms with E-state index in [2.05, 4.69) is 11.4 Å². The van der Waals surface area contributed by atoms with Crippen molar-refractivity contribution in [3.05, 3.63) is 34.9 Å². The first-order valence-electron chi connectivity index (χ1n) is 7.14. The molecule has 0 radical (unpaired) electrons. The van der Waals surface area contributed by atoms with Crippen molar-refractivity contribution in [2.45, 2.75) is 24.1 Å². The van der Waals surface area contributed by atoms with Crippen LogP contribution in [0.5, 0.6) is 0 Å². The molecule has 2 saturated heterocycles. The molecule has 1 aromatic rings. The molecule has 1 N–H and O–H groups in total. The average Bonchev–Trinajstić information content (AvgIpc) is 3.01. The Labute approximate surface area is 129 Å². The van der Waals surface area contributed by atoms with E-state index in [0.29, 0.717) is 5.91 Å². The molecule has 1 aromatic carbocycles. The van der Waals surface area contributed by atoms with Gasteiger partial charge in [0.1, 0.15) is 0 Å². The minimum atomic E-state index is 0.108. The lowest BCUT2D eigenvalue weighted by molar-refractivity contribution is -0.134. The lowest BCUT2D eigenvalue weighted by Crippen LogP contribution is -2.50. The Balaban J connectivity index is 1.81. The summed E-state index contributed by atoms with van der Waals surface area (Å²) in [6.07, 6.45) is 2.19. The SMILES string of the molecule is O=C(C1CCCS1)N1CCNCC1c1cccc(Cl)c1. The van der Waals surface area contributed by atoms with E-state index in [9.17, 15) is 4.79 Å². The van der Waals surface area contributed by atoms with Gasteiger partial charge >= 0.3 is 0 Å². The number of nitrogens with zero attached hydrogens (tertiary/aromatic N) is 1. The molecule has 2 fully saturated rings. The van der Waals surface area contributed by atoms with Crippen molar-refractivity contribution >= 4 is 29.3 Å². The van der Waals surface area contributed by atoms with Crippen LogP contribution < -0.4 is 5.32 Å². The maximum atomic E-state index is 12.7. The summed E-state index contributed by atoms with van der Waals surface area (Å²) in [5.74, 6) is 1.42. The molecule has 0 saturated carbocycles. The van der Waals surface area contributed by atoms with Crippen molar-refractivity contribution in [1.82, 2.24) is 10.2 Å². The molecule has 20 heavy (non-hydrogen) atoms. The van der Waals surface area contributed by atoms with Gasteiger partial charge < -0.3 is 10.2 Å². The van der Waals surface area contributed by atoms with E-state index in [1.165, 1.54) is 0 Å². The standard InChI is InChI=1S/C15H19ClN2OS/c16-12-4-1-3-11(9-12)13-10-17-6-7-18(13)15(19)14-5-2-8-20-14/h1,3-4,9,13-14,17H,2,5-8,10H2. The summed E-state index contributed by atoms with van der Waals surface area (Å²) < 4.78 is 0. The number of carbonyl (C=O) groups excluding carboxylic acids is 1. The monoisotopic (exact) mass is 310 g/mol. The molecule has 108 valence electrons. The van der Waals surface area contributed by atoms with E-state index in [1.54, 1.807) is 11.8 Å². The van der Waals surface area contributed by atoms with Crippen LogP contribution in [0.2, 0.25) is 5.02 Å². The lowest BCUT2D eigenvalue weighted by Gasteiger charge is -2.38. The van der Waals surface area contributed by atoms with E-state index in [-0.39, 0.29) is 11.3 Å². The highest BCUT2D eigenvalue weighted by atomic mass is 35.5. The van der Waals surface area contributed by atoms with Gasteiger partial charge in [0.25, 0.3) is 0 Å². The Hall–Kier alpha value is -0.710. The summed E-state index contributed by atoms with van der Waals surface area (Å²) >= 11 is 7.90. The van der Waals surface area contributed by atoms with E-state index in [0.717, 1.165) is 48.8 Å². The van der Waals surface area contributed by atoms with Crippen molar-refractivity contribution < 1.29 is 4.79 Å². The van der Waals surface area contributed by atoms with Crippen LogP contribution in [0, 0.1) is 0 Å². The maximum absolute atomic E-state index is 12.7. The van der Waals surface area contributed by atoms with Crippen molar-refractivity contribution in [1.29, 1.82) is 0 Å². The summed E-state index contributed by atoms with van der Waals surface area (Å²) in [5.41, 5.74) is 1.13. The molecular formula is C15H19ClN2OS. The quantitative estimate of drug-likeness (QED) is 0.911. The minimum Gasteiger partial charge on any atom is -0.332 e. The van der Waals surface area contributed by atoms with Gasteiger partial charge in [-0.15, -0.1) is 11.8 Å². The zero-order valence-corrected chi connectivity index (χ0v) is 12.9. The molecule has 3 nitrogen and oxygen atoms in total. The number of halogens is 1. The fourth-order valence-corrected chi connectivity index (χ4v) is 4.37. The average molecular weight is 311 g/mol. The Morgan fingerprint density at radius 2 is 2.35 bits per heavy atom. The Morgan fingerprint density at radius 1 is 1.45 bits per heavy atom. The number of piperazine rings is 1. The summed E-state index contributed by atoms with van der Waals surface area (Å²) in [6, 6.07) is 7.98. The molecule has 2 unspecified atom stereocenters. The fourth-order valence-electron chi connectivity index (χ4n) is 2.94. The summed E-state index contributed by atoms with van der Waals surface area (Å²) in [5, 5.41) is 4.28. The Morgan fingerprint density at radius 3 is 3.10 bits per heavy atom. The zero-order valence-electron chi connectivity index (χ0n) is 11.3. The van der Waals surface area contributed by atoms with Crippen LogP contribution in [-0.4, -0.2) is 41.4 Å². The van der Waals surface area contributed by atoms with Crippen LogP contribution in [-0.2, 0) is 4.79 Å². The molecule has 0 bridgehead atoms. The largest absolute Gasteiger partial charge is 0.332 e. The highest BCUT2D eigenvalue weighted by Gasteiger charge is 2.34. The van der Waals surface area contributed by atoms with Crippen molar-refractivity contribution in [3.8, 4) is 0 Å². The molecule has 0 aromatic heterocycles. The van der Waals surface area contributed by atoms with Gasteiger partial charge in [-0.25, -0.2) is 0 Å². The number of hydrogen-bond donors (Lipinski definition) is 1. The topological polar surface area (TPSA) is 32.3 Å². The first-order chi connectivity index (χ1) is 9.75. The number of carbonyl (C=O) groups is 1. The van der Waals surface area contributed by atoms with E-state index in [1.807, 2.05) is 23.1 Å². The molecule has 2 heterocycles. The second-order valence-corrected chi connectivity index (χ2v) is 7.06. The third kappa shape index (κ3) is 2.97. The molecule has 2 aliphatic rings. The van der Waals surface area contributed by atoms with Gasteiger partial charge in [0.2, 0.25) is 5.91 Å². The van der Waals surface area contributed by atoms with Gasteiger partial charge in [-0.3, -0.25) is 4.79 Å². The second kappa shape index (κ2) is 6.37. The normalized spacial score (nSPS) is 26.8. The second-order valence-electron chi connectivity index (χ2n) is 5.31. The number of rotatable bonds is 2. The van der Waals surface area contributed by atoms with Gasteiger partial charge in [0.15, 0.2) is 0 Å². The first kappa shape index (κ1) is 14.2. The van der Waals surface area contributed by atoms with E-state index in [4.69, 9.17) is 11.6 Å². The number of nitrogens with one attached hydrogen (secondary N) is 1. The number of hydrogen-bond acceptors (Lipinski definition) is 3. The lowest BCUT2D eigenvalue weighted by atomic mass is 10.0.